The Hall–Kier alpha value is -1.13. The summed E-state index contributed by atoms with van der Waals surface area (Å²) in [5.41, 5.74) is 0.439. The highest BCUT2D eigenvalue weighted by atomic mass is 19.1. The predicted molar refractivity (Wildman–Crippen MR) is 68.1 cm³/mol. The first kappa shape index (κ1) is 13.3. The van der Waals surface area contributed by atoms with Crippen molar-refractivity contribution in [3.05, 3.63) is 29.6 Å². The van der Waals surface area contributed by atoms with Crippen molar-refractivity contribution in [1.82, 2.24) is 5.32 Å². The molecule has 3 nitrogen and oxygen atoms in total. The largest absolute Gasteiger partial charge is 0.508 e. The average Bonchev–Trinajstić information content (AvgIpc) is 2.77. The zero-order valence-corrected chi connectivity index (χ0v) is 10.9. The van der Waals surface area contributed by atoms with E-state index < -0.39 is 0 Å². The molecule has 1 fully saturated rings. The molecule has 0 amide bonds. The number of benzene rings is 1. The van der Waals surface area contributed by atoms with Crippen LogP contribution < -0.4 is 5.32 Å². The first-order chi connectivity index (χ1) is 8.50. The minimum absolute atomic E-state index is 0.110. The van der Waals surface area contributed by atoms with Crippen LogP contribution in [0.15, 0.2) is 18.2 Å². The number of ether oxygens (including phenoxy) is 1. The Bertz CT molecular complexity index is 416. The summed E-state index contributed by atoms with van der Waals surface area (Å²) in [4.78, 5) is 0. The summed E-state index contributed by atoms with van der Waals surface area (Å²) in [6.07, 6.45) is 2.11. The highest BCUT2D eigenvalue weighted by Gasteiger charge is 2.30. The van der Waals surface area contributed by atoms with Crippen molar-refractivity contribution in [1.29, 1.82) is 0 Å². The smallest absolute Gasteiger partial charge is 0.123 e. The molecule has 1 aromatic carbocycles. The summed E-state index contributed by atoms with van der Waals surface area (Å²) in [6.45, 7) is 5.49. The highest BCUT2D eigenvalue weighted by molar-refractivity contribution is 5.34. The quantitative estimate of drug-likeness (QED) is 0.867. The molecule has 1 heterocycles. The predicted octanol–water partition coefficient (Wildman–Crippen LogP) is 2.75. The van der Waals surface area contributed by atoms with Crippen molar-refractivity contribution in [2.75, 3.05) is 13.2 Å². The first-order valence-corrected chi connectivity index (χ1v) is 6.36. The van der Waals surface area contributed by atoms with Gasteiger partial charge in [0, 0.05) is 24.8 Å². The van der Waals surface area contributed by atoms with Gasteiger partial charge >= 0.3 is 0 Å². The maximum absolute atomic E-state index is 13.2. The molecule has 0 aromatic heterocycles. The highest BCUT2D eigenvalue weighted by Crippen LogP contribution is 2.27. The molecule has 0 spiro atoms. The van der Waals surface area contributed by atoms with Gasteiger partial charge in [0.15, 0.2) is 0 Å². The van der Waals surface area contributed by atoms with Crippen LogP contribution in [0.5, 0.6) is 5.75 Å². The number of phenolic OH excluding ortho intramolecular Hbond substituents is 1. The van der Waals surface area contributed by atoms with Gasteiger partial charge in [0.1, 0.15) is 11.6 Å². The molecule has 1 aliphatic heterocycles. The van der Waals surface area contributed by atoms with E-state index in [9.17, 15) is 9.50 Å². The van der Waals surface area contributed by atoms with Gasteiger partial charge in [-0.3, -0.25) is 0 Å². The van der Waals surface area contributed by atoms with Crippen LogP contribution >= 0.6 is 0 Å². The molecule has 18 heavy (non-hydrogen) atoms. The van der Waals surface area contributed by atoms with Crippen molar-refractivity contribution in [3.63, 3.8) is 0 Å². The van der Waals surface area contributed by atoms with E-state index in [4.69, 9.17) is 4.74 Å². The van der Waals surface area contributed by atoms with E-state index in [1.165, 1.54) is 18.2 Å². The zero-order chi connectivity index (χ0) is 13.2. The van der Waals surface area contributed by atoms with Crippen molar-refractivity contribution >= 4 is 0 Å². The third kappa shape index (κ3) is 3.00. The molecule has 0 radical (unpaired) electrons. The van der Waals surface area contributed by atoms with Crippen molar-refractivity contribution < 1.29 is 14.2 Å². The number of phenols is 1. The molecule has 0 saturated carbocycles. The third-order valence-corrected chi connectivity index (χ3v) is 3.54. The van der Waals surface area contributed by atoms with Crippen LogP contribution in [0.3, 0.4) is 0 Å². The lowest BCUT2D eigenvalue weighted by atomic mass is 10.0. The van der Waals surface area contributed by atoms with Gasteiger partial charge in [-0.1, -0.05) is 0 Å². The lowest BCUT2D eigenvalue weighted by molar-refractivity contribution is 0.0190. The van der Waals surface area contributed by atoms with E-state index in [0.717, 1.165) is 19.4 Å². The summed E-state index contributed by atoms with van der Waals surface area (Å²) in [5, 5.41) is 13.0. The minimum atomic E-state index is -0.334. The fourth-order valence-electron chi connectivity index (χ4n) is 2.33. The van der Waals surface area contributed by atoms with Crippen molar-refractivity contribution in [3.8, 4) is 5.75 Å². The second kappa shape index (κ2) is 5.24. The molecule has 2 atom stereocenters. The average molecular weight is 253 g/mol. The Morgan fingerprint density at radius 3 is 3.00 bits per heavy atom. The number of rotatable bonds is 4. The monoisotopic (exact) mass is 253 g/mol. The molecule has 100 valence electrons. The summed E-state index contributed by atoms with van der Waals surface area (Å²) >= 11 is 0. The summed E-state index contributed by atoms with van der Waals surface area (Å²) in [6, 6.07) is 3.90. The summed E-state index contributed by atoms with van der Waals surface area (Å²) in [7, 11) is 0. The van der Waals surface area contributed by atoms with Gasteiger partial charge in [-0.2, -0.15) is 0 Å². The third-order valence-electron chi connectivity index (χ3n) is 3.54. The topological polar surface area (TPSA) is 41.5 Å². The second-order valence-corrected chi connectivity index (χ2v) is 5.21. The van der Waals surface area contributed by atoms with Crippen molar-refractivity contribution in [2.24, 2.45) is 0 Å². The number of nitrogens with one attached hydrogen (secondary N) is 1. The molecular formula is C14H20FNO2. The lowest BCUT2D eigenvalue weighted by Gasteiger charge is -2.26. The fourth-order valence-corrected chi connectivity index (χ4v) is 2.33. The van der Waals surface area contributed by atoms with Gasteiger partial charge in [-0.15, -0.1) is 0 Å². The molecule has 1 saturated heterocycles. The molecule has 4 heteroatoms. The van der Waals surface area contributed by atoms with Crippen LogP contribution in [0.1, 0.15) is 38.3 Å². The maximum atomic E-state index is 13.2. The minimum Gasteiger partial charge on any atom is -0.508 e. The van der Waals surface area contributed by atoms with Crippen LogP contribution in [0.2, 0.25) is 0 Å². The maximum Gasteiger partial charge on any atom is 0.123 e. The van der Waals surface area contributed by atoms with Crippen LogP contribution in [-0.2, 0) is 4.74 Å². The molecule has 0 aliphatic carbocycles. The molecule has 2 unspecified atom stereocenters. The molecule has 2 rings (SSSR count). The van der Waals surface area contributed by atoms with Gasteiger partial charge in [0.05, 0.1) is 5.60 Å². The Kier molecular flexibility index (Phi) is 3.88. The van der Waals surface area contributed by atoms with Crippen LogP contribution in [0, 0.1) is 5.82 Å². The van der Waals surface area contributed by atoms with E-state index in [1.54, 1.807) is 0 Å². The van der Waals surface area contributed by atoms with E-state index >= 15 is 0 Å². The molecule has 1 aliphatic rings. The SMILES string of the molecule is CC(NCC1(C)CCCO1)c1cc(F)ccc1O. The Labute approximate surface area is 107 Å². The summed E-state index contributed by atoms with van der Waals surface area (Å²) < 4.78 is 18.8. The van der Waals surface area contributed by atoms with Crippen molar-refractivity contribution in [2.45, 2.75) is 38.3 Å². The molecule has 2 N–H and O–H groups in total. The van der Waals surface area contributed by atoms with E-state index in [-0.39, 0.29) is 23.2 Å². The van der Waals surface area contributed by atoms with E-state index in [0.29, 0.717) is 12.1 Å². The van der Waals surface area contributed by atoms with Gasteiger partial charge in [0.25, 0.3) is 0 Å². The second-order valence-electron chi connectivity index (χ2n) is 5.21. The van der Waals surface area contributed by atoms with Crippen LogP contribution in [0.4, 0.5) is 4.39 Å². The number of aromatic hydroxyl groups is 1. The van der Waals surface area contributed by atoms with Gasteiger partial charge in [-0.25, -0.2) is 4.39 Å². The fraction of sp³-hybridized carbons (Fsp3) is 0.571. The Morgan fingerprint density at radius 2 is 2.33 bits per heavy atom. The number of hydrogen-bond acceptors (Lipinski definition) is 3. The zero-order valence-electron chi connectivity index (χ0n) is 10.9. The molecule has 0 bridgehead atoms. The van der Waals surface area contributed by atoms with Crippen LogP contribution in [0.25, 0.3) is 0 Å². The van der Waals surface area contributed by atoms with Gasteiger partial charge in [0.2, 0.25) is 0 Å². The van der Waals surface area contributed by atoms with Crippen LogP contribution in [-0.4, -0.2) is 23.9 Å². The standard InChI is InChI=1S/C14H20FNO2/c1-10(12-8-11(15)4-5-13(12)17)16-9-14(2)6-3-7-18-14/h4-5,8,10,16-17H,3,6-7,9H2,1-2H3. The lowest BCUT2D eigenvalue weighted by Crippen LogP contribution is -2.38. The molecular weight excluding hydrogens is 233 g/mol. The van der Waals surface area contributed by atoms with Gasteiger partial charge < -0.3 is 15.2 Å². The Balaban J connectivity index is 1.99. The Morgan fingerprint density at radius 1 is 1.56 bits per heavy atom. The normalized spacial score (nSPS) is 25.3. The molecule has 1 aromatic rings. The number of hydrogen-bond donors (Lipinski definition) is 2. The van der Waals surface area contributed by atoms with Gasteiger partial charge in [-0.05, 0) is 44.9 Å². The van der Waals surface area contributed by atoms with E-state index in [1.807, 2.05) is 6.92 Å². The summed E-state index contributed by atoms with van der Waals surface area (Å²) in [5.74, 6) is -0.214. The van der Waals surface area contributed by atoms with E-state index in [2.05, 4.69) is 12.2 Å². The number of halogens is 1. The first-order valence-electron chi connectivity index (χ1n) is 6.36.